The van der Waals surface area contributed by atoms with Crippen molar-refractivity contribution in [1.82, 2.24) is 4.90 Å². The molecule has 1 saturated carbocycles. The molecule has 156 valence electrons. The molecular weight excluding hydrogens is 409 g/mol. The maximum Gasteiger partial charge on any atom is 0.225 e. The number of nitrogens with zero attached hydrogens (tertiary/aromatic N) is 1. The number of amides is 1. The minimum absolute atomic E-state index is 0.121. The first-order valence-corrected chi connectivity index (χ1v) is 10.7. The van der Waals surface area contributed by atoms with Crippen LogP contribution in [-0.4, -0.2) is 31.6 Å². The highest BCUT2D eigenvalue weighted by atomic mass is 35.5. The molecule has 0 N–H and O–H groups in total. The average molecular weight is 436 g/mol. The second-order valence-electron chi connectivity index (χ2n) is 7.42. The van der Waals surface area contributed by atoms with Crippen molar-refractivity contribution in [2.45, 2.75) is 38.6 Å². The van der Waals surface area contributed by atoms with Gasteiger partial charge in [0.1, 0.15) is 0 Å². The lowest BCUT2D eigenvalue weighted by molar-refractivity contribution is -0.136. The van der Waals surface area contributed by atoms with Gasteiger partial charge in [0.2, 0.25) is 5.91 Å². The summed E-state index contributed by atoms with van der Waals surface area (Å²) in [6.45, 7) is 1.13. The van der Waals surface area contributed by atoms with Crippen molar-refractivity contribution in [2.24, 2.45) is 5.92 Å². The van der Waals surface area contributed by atoms with Gasteiger partial charge in [0.05, 0.1) is 14.2 Å². The number of ether oxygens (including phenoxy) is 2. The summed E-state index contributed by atoms with van der Waals surface area (Å²) in [5.74, 6) is 1.69. The molecule has 0 bridgehead atoms. The van der Waals surface area contributed by atoms with E-state index < -0.39 is 0 Å². The quantitative estimate of drug-likeness (QED) is 0.527. The molecule has 0 saturated heterocycles. The van der Waals surface area contributed by atoms with Crippen LogP contribution in [0, 0.1) is 5.92 Å². The summed E-state index contributed by atoms with van der Waals surface area (Å²) >= 11 is 12.3. The van der Waals surface area contributed by atoms with Gasteiger partial charge >= 0.3 is 0 Å². The fourth-order valence-corrected chi connectivity index (χ4v) is 4.38. The average Bonchev–Trinajstić information content (AvgIpc) is 3.26. The number of benzene rings is 2. The molecule has 3 rings (SSSR count). The lowest BCUT2D eigenvalue weighted by atomic mass is 10.0. The Morgan fingerprint density at radius 1 is 1.03 bits per heavy atom. The van der Waals surface area contributed by atoms with E-state index in [0.29, 0.717) is 41.1 Å². The molecule has 2 aromatic rings. The largest absolute Gasteiger partial charge is 0.493 e. The van der Waals surface area contributed by atoms with Gasteiger partial charge in [0, 0.05) is 29.1 Å². The maximum absolute atomic E-state index is 13.2. The predicted molar refractivity (Wildman–Crippen MR) is 117 cm³/mol. The van der Waals surface area contributed by atoms with Crippen LogP contribution >= 0.6 is 23.2 Å². The Morgan fingerprint density at radius 2 is 1.76 bits per heavy atom. The SMILES string of the molecule is COc1ccc(CN(CCc2ccc(Cl)cc2Cl)C(=O)C2CCCC2)cc1OC. The Labute approximate surface area is 182 Å². The lowest BCUT2D eigenvalue weighted by Crippen LogP contribution is -2.36. The number of carbonyl (C=O) groups excluding carboxylic acids is 1. The van der Waals surface area contributed by atoms with Crippen molar-refractivity contribution < 1.29 is 14.3 Å². The third-order valence-corrected chi connectivity index (χ3v) is 6.09. The molecule has 0 radical (unpaired) electrons. The number of methoxy groups -OCH3 is 2. The van der Waals surface area contributed by atoms with Crippen LogP contribution in [0.2, 0.25) is 10.0 Å². The van der Waals surface area contributed by atoms with Crippen LogP contribution in [0.1, 0.15) is 36.8 Å². The van der Waals surface area contributed by atoms with Crippen LogP contribution in [0.5, 0.6) is 11.5 Å². The molecule has 0 aliphatic heterocycles. The minimum atomic E-state index is 0.121. The molecular formula is C23H27Cl2NO3. The van der Waals surface area contributed by atoms with E-state index in [4.69, 9.17) is 32.7 Å². The van der Waals surface area contributed by atoms with Gasteiger partial charge in [0.15, 0.2) is 11.5 Å². The second kappa shape index (κ2) is 10.2. The standard InChI is InChI=1S/C23H27Cl2NO3/c1-28-21-10-7-16(13-22(21)29-2)15-26(23(27)18-5-3-4-6-18)12-11-17-8-9-19(24)14-20(17)25/h7-10,13-14,18H,3-6,11-12,15H2,1-2H3. The van der Waals surface area contributed by atoms with Gasteiger partial charge in [-0.3, -0.25) is 4.79 Å². The molecule has 0 aromatic heterocycles. The highest BCUT2D eigenvalue weighted by molar-refractivity contribution is 6.35. The molecule has 0 heterocycles. The van der Waals surface area contributed by atoms with E-state index >= 15 is 0 Å². The Bertz CT molecular complexity index is 850. The Kier molecular flexibility index (Phi) is 7.68. The highest BCUT2D eigenvalue weighted by Crippen LogP contribution is 2.30. The van der Waals surface area contributed by atoms with Crippen LogP contribution in [0.25, 0.3) is 0 Å². The van der Waals surface area contributed by atoms with Crippen LogP contribution in [0.15, 0.2) is 36.4 Å². The topological polar surface area (TPSA) is 38.8 Å². The molecule has 2 aromatic carbocycles. The number of rotatable bonds is 8. The van der Waals surface area contributed by atoms with Gasteiger partial charge in [0.25, 0.3) is 0 Å². The van der Waals surface area contributed by atoms with Crippen LogP contribution in [-0.2, 0) is 17.8 Å². The van der Waals surface area contributed by atoms with Gasteiger partial charge in [-0.25, -0.2) is 0 Å². The normalized spacial score (nSPS) is 14.1. The van der Waals surface area contributed by atoms with E-state index in [9.17, 15) is 4.79 Å². The molecule has 0 atom stereocenters. The first-order chi connectivity index (χ1) is 14.0. The van der Waals surface area contributed by atoms with Crippen molar-refractivity contribution in [3.63, 3.8) is 0 Å². The summed E-state index contributed by atoms with van der Waals surface area (Å²) in [5.41, 5.74) is 2.00. The van der Waals surface area contributed by atoms with Crippen molar-refractivity contribution in [3.05, 3.63) is 57.6 Å². The molecule has 29 heavy (non-hydrogen) atoms. The molecule has 0 unspecified atom stereocenters. The minimum Gasteiger partial charge on any atom is -0.493 e. The van der Waals surface area contributed by atoms with E-state index in [-0.39, 0.29) is 11.8 Å². The fourth-order valence-electron chi connectivity index (χ4n) is 3.88. The van der Waals surface area contributed by atoms with Gasteiger partial charge in [-0.1, -0.05) is 48.2 Å². The molecule has 1 aliphatic carbocycles. The first kappa shape index (κ1) is 21.8. The van der Waals surface area contributed by atoms with Gasteiger partial charge < -0.3 is 14.4 Å². The molecule has 1 fully saturated rings. The van der Waals surface area contributed by atoms with Crippen molar-refractivity contribution >= 4 is 29.1 Å². The monoisotopic (exact) mass is 435 g/mol. The maximum atomic E-state index is 13.2. The van der Waals surface area contributed by atoms with E-state index in [1.807, 2.05) is 35.2 Å². The highest BCUT2D eigenvalue weighted by Gasteiger charge is 2.27. The number of carbonyl (C=O) groups is 1. The van der Waals surface area contributed by atoms with E-state index in [0.717, 1.165) is 36.8 Å². The zero-order valence-corrected chi connectivity index (χ0v) is 18.4. The van der Waals surface area contributed by atoms with Gasteiger partial charge in [-0.2, -0.15) is 0 Å². The van der Waals surface area contributed by atoms with Crippen molar-refractivity contribution in [1.29, 1.82) is 0 Å². The third-order valence-electron chi connectivity index (χ3n) is 5.50. The summed E-state index contributed by atoms with van der Waals surface area (Å²) in [4.78, 5) is 15.2. The lowest BCUT2D eigenvalue weighted by Gasteiger charge is -2.26. The second-order valence-corrected chi connectivity index (χ2v) is 8.26. The zero-order chi connectivity index (χ0) is 20.8. The molecule has 1 amide bonds. The third kappa shape index (κ3) is 5.58. The summed E-state index contributed by atoms with van der Waals surface area (Å²) in [6.07, 6.45) is 4.89. The van der Waals surface area contributed by atoms with E-state index in [2.05, 4.69) is 0 Å². The predicted octanol–water partition coefficient (Wildman–Crippen LogP) is 5.77. The number of hydrogen-bond acceptors (Lipinski definition) is 3. The van der Waals surface area contributed by atoms with Gasteiger partial charge in [-0.15, -0.1) is 0 Å². The molecule has 0 spiro atoms. The fraction of sp³-hybridized carbons (Fsp3) is 0.435. The molecule has 6 heteroatoms. The van der Waals surface area contributed by atoms with E-state index in [1.54, 1.807) is 20.3 Å². The van der Waals surface area contributed by atoms with Crippen molar-refractivity contribution in [2.75, 3.05) is 20.8 Å². The summed E-state index contributed by atoms with van der Waals surface area (Å²) in [7, 11) is 3.23. The van der Waals surface area contributed by atoms with Crippen LogP contribution < -0.4 is 9.47 Å². The van der Waals surface area contributed by atoms with Crippen LogP contribution in [0.3, 0.4) is 0 Å². The Morgan fingerprint density at radius 3 is 2.41 bits per heavy atom. The number of halogens is 2. The van der Waals surface area contributed by atoms with E-state index in [1.165, 1.54) is 0 Å². The summed E-state index contributed by atoms with van der Waals surface area (Å²) in [5, 5.41) is 1.25. The van der Waals surface area contributed by atoms with Gasteiger partial charge in [-0.05, 0) is 54.7 Å². The zero-order valence-electron chi connectivity index (χ0n) is 16.9. The van der Waals surface area contributed by atoms with Crippen LogP contribution in [0.4, 0.5) is 0 Å². The smallest absolute Gasteiger partial charge is 0.225 e. The number of hydrogen-bond donors (Lipinski definition) is 0. The Balaban J connectivity index is 1.78. The molecule has 4 nitrogen and oxygen atoms in total. The molecule has 1 aliphatic rings. The summed E-state index contributed by atoms with van der Waals surface area (Å²) < 4.78 is 10.7. The Hall–Kier alpha value is -1.91. The first-order valence-electron chi connectivity index (χ1n) is 9.95. The van der Waals surface area contributed by atoms with Crippen molar-refractivity contribution in [3.8, 4) is 11.5 Å². The summed E-state index contributed by atoms with van der Waals surface area (Å²) in [6, 6.07) is 11.3.